The van der Waals surface area contributed by atoms with E-state index < -0.39 is 5.97 Å². The number of thiophene rings is 1. The standard InChI is InChI=1S/C15H16N2O3S/c1-8-6-12(10(3)21-8)9(2)17-14(18)11-4-5-16-13(7-11)15(19)20/h4-7,9H,1-3H3,(H,17,18)(H,19,20). The quantitative estimate of drug-likeness (QED) is 0.910. The molecule has 0 saturated carbocycles. The van der Waals surface area contributed by atoms with Crippen LogP contribution in [0.3, 0.4) is 0 Å². The lowest BCUT2D eigenvalue weighted by Crippen LogP contribution is -2.27. The Hall–Kier alpha value is -2.21. The van der Waals surface area contributed by atoms with Crippen molar-refractivity contribution in [1.29, 1.82) is 0 Å². The molecule has 1 amide bonds. The van der Waals surface area contributed by atoms with Gasteiger partial charge in [-0.25, -0.2) is 9.78 Å². The van der Waals surface area contributed by atoms with Crippen molar-refractivity contribution < 1.29 is 14.7 Å². The molecule has 1 atom stereocenters. The number of pyridine rings is 1. The molecule has 1 unspecified atom stereocenters. The monoisotopic (exact) mass is 304 g/mol. The van der Waals surface area contributed by atoms with Gasteiger partial charge in [0, 0.05) is 21.5 Å². The van der Waals surface area contributed by atoms with Crippen molar-refractivity contribution in [2.45, 2.75) is 26.8 Å². The summed E-state index contributed by atoms with van der Waals surface area (Å²) in [7, 11) is 0. The molecule has 110 valence electrons. The fourth-order valence-electron chi connectivity index (χ4n) is 2.13. The molecule has 2 heterocycles. The second-order valence-electron chi connectivity index (χ2n) is 4.80. The number of carboxylic acid groups (broad SMARTS) is 1. The smallest absolute Gasteiger partial charge is 0.354 e. The van der Waals surface area contributed by atoms with Gasteiger partial charge in [0.1, 0.15) is 5.69 Å². The Morgan fingerprint density at radius 3 is 2.62 bits per heavy atom. The van der Waals surface area contributed by atoms with Gasteiger partial charge in [0.15, 0.2) is 0 Å². The Morgan fingerprint density at radius 2 is 2.05 bits per heavy atom. The van der Waals surface area contributed by atoms with Gasteiger partial charge in [0.2, 0.25) is 0 Å². The van der Waals surface area contributed by atoms with E-state index in [1.807, 2.05) is 20.8 Å². The number of nitrogens with one attached hydrogen (secondary N) is 1. The van der Waals surface area contributed by atoms with E-state index >= 15 is 0 Å². The third-order valence-corrected chi connectivity index (χ3v) is 4.12. The summed E-state index contributed by atoms with van der Waals surface area (Å²) in [5, 5.41) is 11.8. The molecule has 0 aromatic carbocycles. The molecule has 2 aromatic heterocycles. The van der Waals surface area contributed by atoms with Crippen molar-refractivity contribution in [2.75, 3.05) is 0 Å². The zero-order valence-corrected chi connectivity index (χ0v) is 12.8. The van der Waals surface area contributed by atoms with Gasteiger partial charge in [-0.3, -0.25) is 4.79 Å². The van der Waals surface area contributed by atoms with Crippen molar-refractivity contribution in [1.82, 2.24) is 10.3 Å². The zero-order chi connectivity index (χ0) is 15.6. The van der Waals surface area contributed by atoms with Crippen LogP contribution in [0.4, 0.5) is 0 Å². The van der Waals surface area contributed by atoms with Gasteiger partial charge in [-0.1, -0.05) is 0 Å². The molecular formula is C15H16N2O3S. The number of aromatic carboxylic acids is 1. The third kappa shape index (κ3) is 3.46. The molecule has 0 fully saturated rings. The van der Waals surface area contributed by atoms with E-state index in [0.717, 1.165) is 5.56 Å². The first kappa shape index (κ1) is 15.2. The number of amides is 1. The van der Waals surface area contributed by atoms with E-state index in [4.69, 9.17) is 5.11 Å². The van der Waals surface area contributed by atoms with Crippen LogP contribution in [0.2, 0.25) is 0 Å². The summed E-state index contributed by atoms with van der Waals surface area (Å²) >= 11 is 1.69. The van der Waals surface area contributed by atoms with Crippen LogP contribution >= 0.6 is 11.3 Å². The minimum absolute atomic E-state index is 0.135. The summed E-state index contributed by atoms with van der Waals surface area (Å²) in [5.41, 5.74) is 1.23. The van der Waals surface area contributed by atoms with E-state index in [2.05, 4.69) is 16.4 Å². The van der Waals surface area contributed by atoms with Gasteiger partial charge in [0.05, 0.1) is 6.04 Å². The van der Waals surface area contributed by atoms with E-state index in [1.54, 1.807) is 11.3 Å². The number of aromatic nitrogens is 1. The number of aryl methyl sites for hydroxylation is 2. The summed E-state index contributed by atoms with van der Waals surface area (Å²) in [6, 6.07) is 4.69. The minimum Gasteiger partial charge on any atom is -0.477 e. The van der Waals surface area contributed by atoms with Gasteiger partial charge < -0.3 is 10.4 Å². The Labute approximate surface area is 126 Å². The lowest BCUT2D eigenvalue weighted by atomic mass is 10.1. The maximum atomic E-state index is 12.2. The highest BCUT2D eigenvalue weighted by molar-refractivity contribution is 7.12. The largest absolute Gasteiger partial charge is 0.477 e. The van der Waals surface area contributed by atoms with Crippen molar-refractivity contribution >= 4 is 23.2 Å². The van der Waals surface area contributed by atoms with Crippen LogP contribution in [0.5, 0.6) is 0 Å². The van der Waals surface area contributed by atoms with E-state index in [1.165, 1.54) is 28.1 Å². The molecule has 2 aromatic rings. The number of rotatable bonds is 4. The second-order valence-corrected chi connectivity index (χ2v) is 6.26. The van der Waals surface area contributed by atoms with E-state index in [-0.39, 0.29) is 17.6 Å². The van der Waals surface area contributed by atoms with Gasteiger partial charge in [-0.15, -0.1) is 11.3 Å². The molecule has 0 saturated heterocycles. The van der Waals surface area contributed by atoms with Crippen LogP contribution in [-0.2, 0) is 0 Å². The lowest BCUT2D eigenvalue weighted by Gasteiger charge is -2.14. The van der Waals surface area contributed by atoms with Crippen LogP contribution in [0.15, 0.2) is 24.4 Å². The third-order valence-electron chi connectivity index (χ3n) is 3.13. The molecule has 21 heavy (non-hydrogen) atoms. The number of nitrogens with zero attached hydrogens (tertiary/aromatic N) is 1. The maximum absolute atomic E-state index is 12.2. The summed E-state index contributed by atoms with van der Waals surface area (Å²) in [5.74, 6) is -1.46. The second kappa shape index (κ2) is 6.05. The molecule has 2 rings (SSSR count). The Balaban J connectivity index is 2.16. The molecular weight excluding hydrogens is 288 g/mol. The number of carboxylic acids is 1. The predicted molar refractivity (Wildman–Crippen MR) is 80.9 cm³/mol. The van der Waals surface area contributed by atoms with Crippen LogP contribution in [-0.4, -0.2) is 22.0 Å². The highest BCUT2D eigenvalue weighted by Gasteiger charge is 2.16. The van der Waals surface area contributed by atoms with Crippen LogP contribution in [0.25, 0.3) is 0 Å². The first-order chi connectivity index (χ1) is 9.88. The molecule has 0 aliphatic carbocycles. The molecule has 0 aliphatic rings. The molecule has 2 N–H and O–H groups in total. The highest BCUT2D eigenvalue weighted by Crippen LogP contribution is 2.26. The van der Waals surface area contributed by atoms with Crippen molar-refractivity contribution in [3.05, 3.63) is 51.0 Å². The fraction of sp³-hybridized carbons (Fsp3) is 0.267. The SMILES string of the molecule is Cc1cc(C(C)NC(=O)c2ccnc(C(=O)O)c2)c(C)s1. The number of hydrogen-bond donors (Lipinski definition) is 2. The fourth-order valence-corrected chi connectivity index (χ4v) is 3.15. The molecule has 5 nitrogen and oxygen atoms in total. The average molecular weight is 304 g/mol. The van der Waals surface area contributed by atoms with Crippen LogP contribution in [0, 0.1) is 13.8 Å². The van der Waals surface area contributed by atoms with Crippen molar-refractivity contribution in [3.8, 4) is 0 Å². The molecule has 0 bridgehead atoms. The molecule has 6 heteroatoms. The summed E-state index contributed by atoms with van der Waals surface area (Å²) < 4.78 is 0. The zero-order valence-electron chi connectivity index (χ0n) is 12.0. The van der Waals surface area contributed by atoms with Gasteiger partial charge >= 0.3 is 5.97 Å². The first-order valence-corrected chi connectivity index (χ1v) is 7.27. The highest BCUT2D eigenvalue weighted by atomic mass is 32.1. The number of carbonyl (C=O) groups is 2. The number of hydrogen-bond acceptors (Lipinski definition) is 4. The van der Waals surface area contributed by atoms with Crippen molar-refractivity contribution in [3.63, 3.8) is 0 Å². The summed E-state index contributed by atoms with van der Waals surface area (Å²) in [4.78, 5) is 29.1. The van der Waals surface area contributed by atoms with Gasteiger partial charge in [-0.2, -0.15) is 0 Å². The van der Waals surface area contributed by atoms with Crippen molar-refractivity contribution in [2.24, 2.45) is 0 Å². The molecule has 0 aliphatic heterocycles. The molecule has 0 radical (unpaired) electrons. The van der Waals surface area contributed by atoms with Crippen LogP contribution < -0.4 is 5.32 Å². The Kier molecular flexibility index (Phi) is 4.37. The lowest BCUT2D eigenvalue weighted by molar-refractivity contribution is 0.0690. The van der Waals surface area contributed by atoms with Gasteiger partial charge in [-0.05, 0) is 44.5 Å². The summed E-state index contributed by atoms with van der Waals surface area (Å²) in [6.45, 7) is 5.95. The normalized spacial score (nSPS) is 12.0. The van der Waals surface area contributed by atoms with Crippen LogP contribution in [0.1, 0.15) is 49.1 Å². The predicted octanol–water partition coefficient (Wildman–Crippen LogP) is 2.95. The maximum Gasteiger partial charge on any atom is 0.354 e. The molecule has 0 spiro atoms. The van der Waals surface area contributed by atoms with Gasteiger partial charge in [0.25, 0.3) is 5.91 Å². The number of carbonyl (C=O) groups excluding carboxylic acids is 1. The summed E-state index contributed by atoms with van der Waals surface area (Å²) in [6.07, 6.45) is 1.32. The Morgan fingerprint density at radius 1 is 1.33 bits per heavy atom. The first-order valence-electron chi connectivity index (χ1n) is 6.45. The van der Waals surface area contributed by atoms with E-state index in [9.17, 15) is 9.59 Å². The topological polar surface area (TPSA) is 79.3 Å². The minimum atomic E-state index is -1.15. The average Bonchev–Trinajstić information content (AvgIpc) is 2.77. The Bertz CT molecular complexity index is 694. The van der Waals surface area contributed by atoms with E-state index in [0.29, 0.717) is 5.56 Å².